The van der Waals surface area contributed by atoms with Crippen LogP contribution in [0, 0.1) is 5.82 Å². The summed E-state index contributed by atoms with van der Waals surface area (Å²) >= 11 is 3.08. The highest BCUT2D eigenvalue weighted by Gasteiger charge is 2.15. The summed E-state index contributed by atoms with van der Waals surface area (Å²) in [6, 6.07) is 7.81. The average Bonchev–Trinajstić information content (AvgIpc) is 2.85. The Morgan fingerprint density at radius 3 is 2.95 bits per heavy atom. The predicted molar refractivity (Wildman–Crippen MR) is 73.6 cm³/mol. The number of nitrogens with one attached hydrogen (secondary N) is 1. The lowest BCUT2D eigenvalue weighted by molar-refractivity contribution is 0.104. The second-order valence-corrected chi connectivity index (χ2v) is 4.91. The summed E-state index contributed by atoms with van der Waals surface area (Å²) in [4.78, 5) is 19.5. The van der Waals surface area contributed by atoms with Crippen molar-refractivity contribution in [1.29, 1.82) is 0 Å². The molecule has 19 heavy (non-hydrogen) atoms. The maximum absolute atomic E-state index is 13.2. The Hall–Kier alpha value is -2.01. The minimum atomic E-state index is -0.392. The fraction of sp³-hybridized carbons (Fsp3) is 0. The molecule has 2 aromatic heterocycles. The van der Waals surface area contributed by atoms with E-state index in [2.05, 4.69) is 25.9 Å². The van der Waals surface area contributed by atoms with E-state index in [4.69, 9.17) is 0 Å². The molecule has 3 nitrogen and oxygen atoms in total. The Kier molecular flexibility index (Phi) is 2.91. The van der Waals surface area contributed by atoms with E-state index in [9.17, 15) is 9.18 Å². The van der Waals surface area contributed by atoms with E-state index in [-0.39, 0.29) is 10.3 Å². The highest BCUT2D eigenvalue weighted by molar-refractivity contribution is 9.10. The standard InChI is InChI=1S/C14H8BrFN2O/c15-11-6-8(3-4-12(11)16)13(19)10-7-18-14-9(10)2-1-5-17-14/h1-7H,(H,17,18). The minimum absolute atomic E-state index is 0.167. The Bertz CT molecular complexity index is 782. The molecule has 0 atom stereocenters. The fourth-order valence-corrected chi connectivity index (χ4v) is 2.32. The molecule has 0 fully saturated rings. The van der Waals surface area contributed by atoms with Crippen molar-refractivity contribution < 1.29 is 9.18 Å². The van der Waals surface area contributed by atoms with Crippen LogP contribution >= 0.6 is 15.9 Å². The van der Waals surface area contributed by atoms with Crippen LogP contribution in [0.5, 0.6) is 0 Å². The van der Waals surface area contributed by atoms with Gasteiger partial charge in [-0.15, -0.1) is 0 Å². The molecule has 0 amide bonds. The molecule has 3 rings (SSSR count). The van der Waals surface area contributed by atoms with Gasteiger partial charge < -0.3 is 4.98 Å². The number of carbonyl (C=O) groups excluding carboxylic acids is 1. The summed E-state index contributed by atoms with van der Waals surface area (Å²) < 4.78 is 13.5. The third-order valence-corrected chi connectivity index (χ3v) is 3.49. The molecule has 0 aliphatic heterocycles. The lowest BCUT2D eigenvalue weighted by Gasteiger charge is -2.01. The fourth-order valence-electron chi connectivity index (χ4n) is 1.94. The summed E-state index contributed by atoms with van der Waals surface area (Å²) in [6.07, 6.45) is 3.28. The Balaban J connectivity index is 2.11. The minimum Gasteiger partial charge on any atom is -0.345 e. The van der Waals surface area contributed by atoms with Crippen LogP contribution in [0.4, 0.5) is 4.39 Å². The van der Waals surface area contributed by atoms with Crippen molar-refractivity contribution in [2.45, 2.75) is 0 Å². The summed E-state index contributed by atoms with van der Waals surface area (Å²) in [5, 5.41) is 0.757. The number of benzene rings is 1. The zero-order valence-corrected chi connectivity index (χ0v) is 11.2. The van der Waals surface area contributed by atoms with Gasteiger partial charge in [0.05, 0.1) is 4.47 Å². The number of carbonyl (C=O) groups is 1. The number of aromatic amines is 1. The quantitative estimate of drug-likeness (QED) is 0.732. The Labute approximate surface area is 116 Å². The molecule has 3 aromatic rings. The first-order valence-electron chi connectivity index (χ1n) is 5.58. The van der Waals surface area contributed by atoms with E-state index in [0.717, 1.165) is 5.39 Å². The first-order valence-corrected chi connectivity index (χ1v) is 6.38. The zero-order valence-electron chi connectivity index (χ0n) is 9.65. The maximum Gasteiger partial charge on any atom is 0.195 e. The molecular weight excluding hydrogens is 311 g/mol. The molecule has 2 heterocycles. The molecule has 0 radical (unpaired) electrons. The lowest BCUT2D eigenvalue weighted by atomic mass is 10.0. The molecule has 94 valence electrons. The summed E-state index contributed by atoms with van der Waals surface area (Å²) in [5.41, 5.74) is 1.62. The molecule has 0 aliphatic rings. The number of rotatable bonds is 2. The van der Waals surface area contributed by atoms with Crippen LogP contribution in [0.15, 0.2) is 47.2 Å². The number of fused-ring (bicyclic) bond motifs is 1. The SMILES string of the molecule is O=C(c1ccc(F)c(Br)c1)c1c[nH]c2ncccc12. The normalized spacial score (nSPS) is 10.8. The first kappa shape index (κ1) is 12.0. The van der Waals surface area contributed by atoms with Crippen LogP contribution in [-0.4, -0.2) is 15.8 Å². The molecule has 0 unspecified atom stereocenters. The largest absolute Gasteiger partial charge is 0.345 e. The van der Waals surface area contributed by atoms with Gasteiger partial charge in [0.25, 0.3) is 0 Å². The summed E-state index contributed by atoms with van der Waals surface area (Å²) in [6.45, 7) is 0. The van der Waals surface area contributed by atoms with Gasteiger partial charge in [-0.3, -0.25) is 4.79 Å². The molecule has 1 N–H and O–H groups in total. The van der Waals surface area contributed by atoms with Crippen molar-refractivity contribution in [3.63, 3.8) is 0 Å². The Morgan fingerprint density at radius 1 is 1.32 bits per heavy atom. The van der Waals surface area contributed by atoms with Crippen molar-refractivity contribution in [1.82, 2.24) is 9.97 Å². The number of halogens is 2. The van der Waals surface area contributed by atoms with Crippen molar-refractivity contribution in [3.05, 3.63) is 64.1 Å². The van der Waals surface area contributed by atoms with E-state index in [0.29, 0.717) is 16.8 Å². The molecule has 0 saturated heterocycles. The van der Waals surface area contributed by atoms with Gasteiger partial charge in [-0.2, -0.15) is 0 Å². The molecule has 0 aliphatic carbocycles. The first-order chi connectivity index (χ1) is 9.16. The van der Waals surface area contributed by atoms with Gasteiger partial charge >= 0.3 is 0 Å². The van der Waals surface area contributed by atoms with Gasteiger partial charge in [-0.05, 0) is 46.3 Å². The van der Waals surface area contributed by atoms with E-state index >= 15 is 0 Å². The second-order valence-electron chi connectivity index (χ2n) is 4.06. The number of hydrogen-bond donors (Lipinski definition) is 1. The van der Waals surface area contributed by atoms with Crippen LogP contribution in [-0.2, 0) is 0 Å². The molecular formula is C14H8BrFN2O. The van der Waals surface area contributed by atoms with Crippen LogP contribution in [0.2, 0.25) is 0 Å². The molecule has 1 aromatic carbocycles. The van der Waals surface area contributed by atoms with Crippen molar-refractivity contribution in [3.8, 4) is 0 Å². The molecule has 0 spiro atoms. The maximum atomic E-state index is 13.2. The smallest absolute Gasteiger partial charge is 0.195 e. The van der Waals surface area contributed by atoms with Crippen LogP contribution in [0.3, 0.4) is 0 Å². The molecule has 5 heteroatoms. The highest BCUT2D eigenvalue weighted by atomic mass is 79.9. The predicted octanol–water partition coefficient (Wildman–Crippen LogP) is 3.70. The highest BCUT2D eigenvalue weighted by Crippen LogP contribution is 2.22. The van der Waals surface area contributed by atoms with Gasteiger partial charge in [0, 0.05) is 28.9 Å². The summed E-state index contributed by atoms with van der Waals surface area (Å²) in [7, 11) is 0. The number of nitrogens with zero attached hydrogens (tertiary/aromatic N) is 1. The van der Waals surface area contributed by atoms with Gasteiger partial charge in [0.15, 0.2) is 5.78 Å². The third-order valence-electron chi connectivity index (χ3n) is 2.88. The van der Waals surface area contributed by atoms with Crippen LogP contribution < -0.4 is 0 Å². The van der Waals surface area contributed by atoms with Gasteiger partial charge in [-0.25, -0.2) is 9.37 Å². The van der Waals surface area contributed by atoms with E-state index in [1.807, 2.05) is 6.07 Å². The molecule has 0 saturated carbocycles. The van der Waals surface area contributed by atoms with Gasteiger partial charge in [0.1, 0.15) is 11.5 Å². The average molecular weight is 319 g/mol. The van der Waals surface area contributed by atoms with Crippen LogP contribution in [0.1, 0.15) is 15.9 Å². The van der Waals surface area contributed by atoms with Gasteiger partial charge in [-0.1, -0.05) is 0 Å². The lowest BCUT2D eigenvalue weighted by Crippen LogP contribution is -2.00. The van der Waals surface area contributed by atoms with Crippen molar-refractivity contribution in [2.24, 2.45) is 0 Å². The topological polar surface area (TPSA) is 45.8 Å². The van der Waals surface area contributed by atoms with Crippen molar-refractivity contribution >= 4 is 32.7 Å². The van der Waals surface area contributed by atoms with Gasteiger partial charge in [0.2, 0.25) is 0 Å². The molecule has 0 bridgehead atoms. The Morgan fingerprint density at radius 2 is 2.16 bits per heavy atom. The van der Waals surface area contributed by atoms with Crippen LogP contribution in [0.25, 0.3) is 11.0 Å². The number of ketones is 1. The van der Waals surface area contributed by atoms with E-state index in [1.54, 1.807) is 18.5 Å². The van der Waals surface area contributed by atoms with E-state index in [1.165, 1.54) is 18.2 Å². The van der Waals surface area contributed by atoms with E-state index < -0.39 is 5.82 Å². The third kappa shape index (κ3) is 2.06. The second kappa shape index (κ2) is 4.59. The summed E-state index contributed by atoms with van der Waals surface area (Å²) in [5.74, 6) is -0.558. The number of hydrogen-bond acceptors (Lipinski definition) is 2. The monoisotopic (exact) mass is 318 g/mol. The number of aromatic nitrogens is 2. The van der Waals surface area contributed by atoms with Crippen molar-refractivity contribution in [2.75, 3.05) is 0 Å². The number of pyridine rings is 1. The number of H-pyrrole nitrogens is 1. The zero-order chi connectivity index (χ0) is 13.4.